The first-order valence-corrected chi connectivity index (χ1v) is 27.6. The van der Waals surface area contributed by atoms with Gasteiger partial charge < -0.3 is 0 Å². The van der Waals surface area contributed by atoms with Gasteiger partial charge >= 0.3 is 302 Å². The van der Waals surface area contributed by atoms with Crippen LogP contribution in [0.5, 0.6) is 0 Å². The SMILES string of the molecule is CCCCCCCCCCCCC[PH](CCCCCCCCCC)(CCCCCCCCCCCCC)CCCCCCCCCCCCC. The molecule has 0 radical (unpaired) electrons. The molecule has 0 aromatic heterocycles. The summed E-state index contributed by atoms with van der Waals surface area (Å²) in [5.74, 6) is 0. The molecule has 0 rings (SSSR count). The fourth-order valence-corrected chi connectivity index (χ4v) is 14.4. The summed E-state index contributed by atoms with van der Waals surface area (Å²) >= 11 is 0. The van der Waals surface area contributed by atoms with Gasteiger partial charge in [-0.3, -0.25) is 0 Å². The molecule has 0 nitrogen and oxygen atoms in total. The van der Waals surface area contributed by atoms with Crippen LogP contribution in [0.4, 0.5) is 0 Å². The molecule has 0 amide bonds. The Morgan fingerprint density at radius 3 is 0.420 bits per heavy atom. The van der Waals surface area contributed by atoms with Gasteiger partial charge in [0.15, 0.2) is 0 Å². The smallest absolute Gasteiger partial charge is 0.0654 e. The Morgan fingerprint density at radius 2 is 0.280 bits per heavy atom. The molecule has 0 fully saturated rings. The van der Waals surface area contributed by atoms with Gasteiger partial charge in [-0.05, 0) is 0 Å². The summed E-state index contributed by atoms with van der Waals surface area (Å²) in [7, 11) is -1.16. The Labute approximate surface area is 321 Å². The molecule has 1 heteroatoms. The molecule has 50 heavy (non-hydrogen) atoms. The Balaban J connectivity index is 4.84. The molecule has 0 aliphatic heterocycles. The van der Waals surface area contributed by atoms with E-state index in [1.165, 1.54) is 218 Å². The van der Waals surface area contributed by atoms with Crippen molar-refractivity contribution in [3.05, 3.63) is 0 Å². The van der Waals surface area contributed by atoms with E-state index in [0.29, 0.717) is 0 Å². The van der Waals surface area contributed by atoms with E-state index >= 15 is 0 Å². The predicted octanol–water partition coefficient (Wildman–Crippen LogP) is 18.8. The molecule has 0 heterocycles. The second-order valence-corrected chi connectivity index (χ2v) is 22.6. The zero-order valence-electron chi connectivity index (χ0n) is 36.3. The van der Waals surface area contributed by atoms with Gasteiger partial charge in [-0.1, -0.05) is 20.8 Å². The predicted molar refractivity (Wildman–Crippen MR) is 240 cm³/mol. The third-order valence-electron chi connectivity index (χ3n) is 12.5. The van der Waals surface area contributed by atoms with Crippen LogP contribution in [0, 0.1) is 0 Å². The van der Waals surface area contributed by atoms with Crippen molar-refractivity contribution >= 4 is 7.26 Å². The van der Waals surface area contributed by atoms with Crippen LogP contribution in [0.2, 0.25) is 0 Å². The molecule has 0 N–H and O–H groups in total. The van der Waals surface area contributed by atoms with Gasteiger partial charge in [0.1, 0.15) is 0 Å². The summed E-state index contributed by atoms with van der Waals surface area (Å²) in [4.78, 5) is 0. The summed E-state index contributed by atoms with van der Waals surface area (Å²) in [5.41, 5.74) is 0. The first-order chi connectivity index (χ1) is 24.7. The van der Waals surface area contributed by atoms with Gasteiger partial charge in [-0.25, -0.2) is 0 Å². The van der Waals surface area contributed by atoms with Gasteiger partial charge in [-0.2, -0.15) is 0 Å². The van der Waals surface area contributed by atoms with Crippen LogP contribution < -0.4 is 0 Å². The topological polar surface area (TPSA) is 0 Å². The molecule has 0 aromatic rings. The molecule has 0 atom stereocenters. The van der Waals surface area contributed by atoms with E-state index in [1.807, 2.05) is 0 Å². The van der Waals surface area contributed by atoms with Crippen LogP contribution in [0.15, 0.2) is 0 Å². The molecule has 0 saturated carbocycles. The fraction of sp³-hybridized carbons (Fsp3) is 1.00. The summed E-state index contributed by atoms with van der Waals surface area (Å²) < 4.78 is 0. The first-order valence-electron chi connectivity index (χ1n) is 24.7. The maximum atomic E-state index is 2.35. The van der Waals surface area contributed by atoms with Crippen molar-refractivity contribution in [3.8, 4) is 0 Å². The van der Waals surface area contributed by atoms with E-state index in [4.69, 9.17) is 0 Å². The van der Waals surface area contributed by atoms with Crippen LogP contribution in [0.3, 0.4) is 0 Å². The minimum Gasteiger partial charge on any atom is -0.0654 e. The minimum atomic E-state index is -1.16. The van der Waals surface area contributed by atoms with Crippen LogP contribution in [-0.4, -0.2) is 24.6 Å². The Hall–Kier alpha value is 0.430. The van der Waals surface area contributed by atoms with Crippen LogP contribution in [-0.2, 0) is 0 Å². The van der Waals surface area contributed by atoms with E-state index in [-0.39, 0.29) is 0 Å². The van der Waals surface area contributed by atoms with Crippen LogP contribution in [0.1, 0.15) is 291 Å². The third kappa shape index (κ3) is 38.2. The zero-order valence-corrected chi connectivity index (χ0v) is 37.3. The van der Waals surface area contributed by atoms with E-state index in [1.54, 1.807) is 69.6 Å². The van der Waals surface area contributed by atoms with E-state index in [9.17, 15) is 0 Å². The molecule has 0 saturated heterocycles. The maximum absolute atomic E-state index is 2.35. The molecule has 0 bridgehead atoms. The van der Waals surface area contributed by atoms with Gasteiger partial charge in [0.25, 0.3) is 0 Å². The van der Waals surface area contributed by atoms with Crippen LogP contribution in [0.25, 0.3) is 0 Å². The Morgan fingerprint density at radius 1 is 0.160 bits per heavy atom. The van der Waals surface area contributed by atoms with Crippen molar-refractivity contribution in [1.29, 1.82) is 0 Å². The number of unbranched alkanes of at least 4 members (excludes halogenated alkanes) is 37. The van der Waals surface area contributed by atoms with Gasteiger partial charge in [0, 0.05) is 0 Å². The van der Waals surface area contributed by atoms with Crippen molar-refractivity contribution in [1.82, 2.24) is 0 Å². The molecule has 0 aliphatic carbocycles. The zero-order chi connectivity index (χ0) is 36.3. The second kappa shape index (κ2) is 43.8. The van der Waals surface area contributed by atoms with Crippen molar-refractivity contribution in [2.75, 3.05) is 24.6 Å². The Bertz CT molecular complexity index is 519. The van der Waals surface area contributed by atoms with Gasteiger partial charge in [-0.15, -0.1) is 0 Å². The first kappa shape index (κ1) is 50.4. The van der Waals surface area contributed by atoms with E-state index in [2.05, 4.69) is 27.7 Å². The molecule has 0 aromatic carbocycles. The minimum absolute atomic E-state index is 1.16. The monoisotopic (exact) mass is 723 g/mol. The summed E-state index contributed by atoms with van der Waals surface area (Å²) in [5, 5.41) is 0. The normalized spacial score (nSPS) is 12.3. The van der Waals surface area contributed by atoms with Gasteiger partial charge in [0.05, 0.1) is 0 Å². The average molecular weight is 723 g/mol. The number of hydrogen-bond acceptors (Lipinski definition) is 0. The summed E-state index contributed by atoms with van der Waals surface area (Å²) in [6, 6.07) is 0. The van der Waals surface area contributed by atoms with Crippen molar-refractivity contribution < 1.29 is 0 Å². The molecule has 304 valence electrons. The van der Waals surface area contributed by atoms with Crippen molar-refractivity contribution in [2.45, 2.75) is 291 Å². The quantitative estimate of drug-likeness (QED) is 0.0434. The van der Waals surface area contributed by atoms with E-state index < -0.39 is 7.26 Å². The fourth-order valence-electron chi connectivity index (χ4n) is 8.88. The average Bonchev–Trinajstić information content (AvgIpc) is 3.13. The summed E-state index contributed by atoms with van der Waals surface area (Å²) in [6.45, 7) is 9.36. The molecule has 0 unspecified atom stereocenters. The van der Waals surface area contributed by atoms with E-state index in [0.717, 1.165) is 0 Å². The van der Waals surface area contributed by atoms with Crippen molar-refractivity contribution in [2.24, 2.45) is 0 Å². The van der Waals surface area contributed by atoms with Gasteiger partial charge in [0.2, 0.25) is 0 Å². The molecule has 0 aliphatic rings. The number of rotatable bonds is 45. The third-order valence-corrected chi connectivity index (χ3v) is 18.1. The molecular formula is C49H103P. The summed E-state index contributed by atoms with van der Waals surface area (Å²) in [6.07, 6.45) is 68.0. The Kier molecular flexibility index (Phi) is 44.2. The molecule has 0 spiro atoms. The number of hydrogen-bond donors (Lipinski definition) is 0. The van der Waals surface area contributed by atoms with Crippen molar-refractivity contribution in [3.63, 3.8) is 0 Å². The second-order valence-electron chi connectivity index (χ2n) is 17.6. The standard InChI is InChI=1S/C49H103P/c1-5-9-13-17-21-25-28-31-35-39-43-47-50(46-42-38-34-24-20-16-12-8-4,48-44-40-36-32-29-26-22-18-14-10-6-2)49-45-41-37-33-30-27-23-19-15-11-7-3/h50H,5-49H2,1-4H3. The molecular weight excluding hydrogens is 620 g/mol. The van der Waals surface area contributed by atoms with Crippen LogP contribution >= 0.6 is 7.26 Å².